The highest BCUT2D eigenvalue weighted by Gasteiger charge is 2.45. The van der Waals surface area contributed by atoms with Crippen LogP contribution in [0.2, 0.25) is 0 Å². The van der Waals surface area contributed by atoms with Crippen molar-refractivity contribution in [3.63, 3.8) is 0 Å². The van der Waals surface area contributed by atoms with Crippen LogP contribution < -0.4 is 21.3 Å². The maximum atomic E-state index is 14.4. The molecule has 0 aromatic rings. The Bertz CT molecular complexity index is 1030. The number of hydrogen-bond donors (Lipinski definition) is 6. The molecule has 6 N–H and O–H groups in total. The van der Waals surface area contributed by atoms with Crippen LogP contribution in [0.4, 0.5) is 4.79 Å². The van der Waals surface area contributed by atoms with E-state index >= 15 is 0 Å². The molecule has 0 radical (unpaired) electrons. The van der Waals surface area contributed by atoms with Crippen molar-refractivity contribution in [3.05, 3.63) is 12.7 Å². The third-order valence-electron chi connectivity index (χ3n) is 9.16. The molecule has 0 aromatic carbocycles. The van der Waals surface area contributed by atoms with Gasteiger partial charge in [-0.1, -0.05) is 79.7 Å². The maximum absolute atomic E-state index is 14.4. The summed E-state index contributed by atoms with van der Waals surface area (Å²) in [5, 5.41) is 30.6. The van der Waals surface area contributed by atoms with E-state index in [1.807, 2.05) is 20.8 Å². The van der Waals surface area contributed by atoms with Gasteiger partial charge < -0.3 is 36.4 Å². The smallest absolute Gasteiger partial charge is 0.315 e. The molecular formula is C33H57N5O7. The van der Waals surface area contributed by atoms with E-state index in [0.717, 1.165) is 38.5 Å². The number of aliphatic hydroxyl groups excluding tert-OH is 1. The third-order valence-corrected chi connectivity index (χ3v) is 9.16. The molecule has 45 heavy (non-hydrogen) atoms. The van der Waals surface area contributed by atoms with Gasteiger partial charge in [-0.2, -0.15) is 0 Å². The van der Waals surface area contributed by atoms with E-state index < -0.39 is 59.5 Å². The van der Waals surface area contributed by atoms with Gasteiger partial charge in [-0.15, -0.1) is 6.58 Å². The highest BCUT2D eigenvalue weighted by molar-refractivity contribution is 6.38. The molecule has 5 atom stereocenters. The van der Waals surface area contributed by atoms with Crippen molar-refractivity contribution in [2.45, 2.75) is 130 Å². The molecule has 0 aromatic heterocycles. The second kappa shape index (κ2) is 17.6. The molecule has 1 aliphatic carbocycles. The van der Waals surface area contributed by atoms with E-state index in [4.69, 9.17) is 0 Å². The van der Waals surface area contributed by atoms with Crippen LogP contribution in [0.15, 0.2) is 12.7 Å². The molecule has 1 heterocycles. The zero-order valence-electron chi connectivity index (χ0n) is 28.1. The predicted octanol–water partition coefficient (Wildman–Crippen LogP) is 2.38. The molecule has 2 rings (SSSR count). The van der Waals surface area contributed by atoms with E-state index in [1.54, 1.807) is 20.8 Å². The summed E-state index contributed by atoms with van der Waals surface area (Å²) in [5.41, 5.74) is -0.674. The number of Topliss-reactive ketones (excluding diaryl/α,β-unsaturated/α-hetero) is 1. The van der Waals surface area contributed by atoms with Gasteiger partial charge in [0.1, 0.15) is 12.1 Å². The summed E-state index contributed by atoms with van der Waals surface area (Å²) >= 11 is 0. The number of unbranched alkanes of at least 4 members (excludes halogenated alkanes) is 1. The average molecular weight is 636 g/mol. The lowest BCUT2D eigenvalue weighted by Crippen LogP contribution is -2.61. The minimum atomic E-state index is -1.81. The van der Waals surface area contributed by atoms with Crippen LogP contribution in [-0.2, 0) is 19.2 Å². The fourth-order valence-corrected chi connectivity index (χ4v) is 6.29. The van der Waals surface area contributed by atoms with Crippen LogP contribution in [0.1, 0.15) is 99.3 Å². The molecule has 256 valence electrons. The first-order valence-electron chi connectivity index (χ1n) is 16.6. The van der Waals surface area contributed by atoms with E-state index in [2.05, 4.69) is 27.8 Å². The van der Waals surface area contributed by atoms with Crippen molar-refractivity contribution < 1.29 is 34.2 Å². The molecule has 2 aliphatic rings. The Morgan fingerprint density at radius 3 is 2.16 bits per heavy atom. The summed E-state index contributed by atoms with van der Waals surface area (Å²) in [4.78, 5) is 68.4. The second-order valence-electron chi connectivity index (χ2n) is 14.1. The number of likely N-dealkylation sites (tertiary alicyclic amines) is 1. The molecule has 2 unspecified atom stereocenters. The van der Waals surface area contributed by atoms with Gasteiger partial charge in [0.15, 0.2) is 6.29 Å². The fraction of sp³-hybridized carbons (Fsp3) is 0.788. The van der Waals surface area contributed by atoms with Gasteiger partial charge in [-0.3, -0.25) is 19.2 Å². The zero-order valence-corrected chi connectivity index (χ0v) is 28.1. The first-order chi connectivity index (χ1) is 21.1. The lowest BCUT2D eigenvalue weighted by molar-refractivity contribution is -0.143. The van der Waals surface area contributed by atoms with Crippen LogP contribution in [0.5, 0.6) is 0 Å². The predicted molar refractivity (Wildman–Crippen MR) is 172 cm³/mol. The fourth-order valence-electron chi connectivity index (χ4n) is 6.29. The van der Waals surface area contributed by atoms with Gasteiger partial charge in [0.05, 0.1) is 12.1 Å². The Morgan fingerprint density at radius 1 is 0.978 bits per heavy atom. The minimum Gasteiger partial charge on any atom is -0.366 e. The number of ketones is 1. The van der Waals surface area contributed by atoms with Crippen molar-refractivity contribution in [2.75, 3.05) is 13.1 Å². The van der Waals surface area contributed by atoms with Gasteiger partial charge in [0, 0.05) is 13.1 Å². The zero-order chi connectivity index (χ0) is 33.9. The number of aliphatic hydroxyl groups is 2. The Balaban J connectivity index is 2.36. The highest BCUT2D eigenvalue weighted by Crippen LogP contribution is 2.33. The van der Waals surface area contributed by atoms with Crippen molar-refractivity contribution in [2.24, 2.45) is 23.2 Å². The Labute approximate surface area is 268 Å². The van der Waals surface area contributed by atoms with E-state index in [9.17, 15) is 34.2 Å². The van der Waals surface area contributed by atoms with E-state index in [0.29, 0.717) is 19.4 Å². The van der Waals surface area contributed by atoms with E-state index in [-0.39, 0.29) is 36.6 Å². The number of carbonyl (C=O) groups excluding carboxylic acids is 5. The standard InChI is InChI=1S/C33H57N5O7/c1-8-10-16-23(26(39)29(41)34-17-9-2)35-28(40)24-18-22(20(3)4)19-38(24)30(42)25(21-14-12-11-13-15-21)36-32(45)37-27(31(43)44)33(5,6)7/h9,20-25,27,31,43-44H,2,8,10-19H2,1,3-7H3,(H,34,41)(H,35,40)(H2,36,37,45)/t22-,23?,24+,25+,27?/m1/s1. The molecular weight excluding hydrogens is 578 g/mol. The summed E-state index contributed by atoms with van der Waals surface area (Å²) in [6.07, 6.45) is 6.02. The summed E-state index contributed by atoms with van der Waals surface area (Å²) in [6.45, 7) is 15.3. The van der Waals surface area contributed by atoms with Crippen LogP contribution in [0.25, 0.3) is 0 Å². The molecule has 1 aliphatic heterocycles. The molecule has 2 fully saturated rings. The van der Waals surface area contributed by atoms with Gasteiger partial charge in [-0.05, 0) is 48.9 Å². The molecule has 0 bridgehead atoms. The molecule has 12 nitrogen and oxygen atoms in total. The Morgan fingerprint density at radius 2 is 1.62 bits per heavy atom. The quantitative estimate of drug-likeness (QED) is 0.0909. The minimum absolute atomic E-state index is 0.0148. The summed E-state index contributed by atoms with van der Waals surface area (Å²) in [6, 6.07) is -4.52. The first kappa shape index (κ1) is 38.2. The van der Waals surface area contributed by atoms with Crippen LogP contribution >= 0.6 is 0 Å². The van der Waals surface area contributed by atoms with Gasteiger partial charge in [0.25, 0.3) is 5.91 Å². The first-order valence-corrected chi connectivity index (χ1v) is 16.6. The van der Waals surface area contributed by atoms with Gasteiger partial charge >= 0.3 is 6.03 Å². The van der Waals surface area contributed by atoms with Crippen molar-refractivity contribution in [1.29, 1.82) is 0 Å². The molecule has 5 amide bonds. The van der Waals surface area contributed by atoms with E-state index in [1.165, 1.54) is 11.0 Å². The third kappa shape index (κ3) is 11.1. The highest BCUT2D eigenvalue weighted by atomic mass is 16.5. The lowest BCUT2D eigenvalue weighted by Gasteiger charge is -2.36. The van der Waals surface area contributed by atoms with Crippen molar-refractivity contribution in [3.8, 4) is 0 Å². The number of carbonyl (C=O) groups is 5. The summed E-state index contributed by atoms with van der Waals surface area (Å²) in [5.74, 6) is -2.39. The second-order valence-corrected chi connectivity index (χ2v) is 14.1. The maximum Gasteiger partial charge on any atom is 0.315 e. The number of rotatable bonds is 15. The summed E-state index contributed by atoms with van der Waals surface area (Å²) < 4.78 is 0. The van der Waals surface area contributed by atoms with Gasteiger partial charge in [-0.25, -0.2) is 4.79 Å². The average Bonchev–Trinajstić information content (AvgIpc) is 3.44. The molecule has 1 saturated heterocycles. The number of amides is 5. The normalized spacial score (nSPS) is 21.2. The largest absolute Gasteiger partial charge is 0.366 e. The monoisotopic (exact) mass is 635 g/mol. The topological polar surface area (TPSA) is 177 Å². The number of nitrogens with one attached hydrogen (secondary N) is 4. The lowest BCUT2D eigenvalue weighted by atomic mass is 9.83. The number of hydrogen-bond acceptors (Lipinski definition) is 7. The Kier molecular flexibility index (Phi) is 15.0. The van der Waals surface area contributed by atoms with Crippen LogP contribution in [0, 0.1) is 23.2 Å². The van der Waals surface area contributed by atoms with Gasteiger partial charge in [0.2, 0.25) is 17.6 Å². The molecule has 12 heteroatoms. The number of nitrogens with zero attached hydrogens (tertiary/aromatic N) is 1. The van der Waals surface area contributed by atoms with Crippen LogP contribution in [0.3, 0.4) is 0 Å². The Hall–Kier alpha value is -2.99. The van der Waals surface area contributed by atoms with Crippen molar-refractivity contribution >= 4 is 29.5 Å². The SMILES string of the molecule is C=CCNC(=O)C(=O)C(CCCC)NC(=O)[C@@H]1C[C@@H](C(C)C)CN1C(=O)[C@@H](NC(=O)NC(C(O)O)C(C)(C)C)C1CCCCC1. The van der Waals surface area contributed by atoms with Crippen LogP contribution in [-0.4, -0.2) is 88.2 Å². The summed E-state index contributed by atoms with van der Waals surface area (Å²) in [7, 11) is 0. The molecule has 0 spiro atoms. The van der Waals surface area contributed by atoms with Crippen molar-refractivity contribution in [1.82, 2.24) is 26.2 Å². The number of urea groups is 1. The molecule has 1 saturated carbocycles.